The van der Waals surface area contributed by atoms with Gasteiger partial charge in [0.25, 0.3) is 5.91 Å². The maximum atomic E-state index is 12.5. The van der Waals surface area contributed by atoms with Crippen molar-refractivity contribution in [3.8, 4) is 0 Å². The highest BCUT2D eigenvalue weighted by Gasteiger charge is 2.34. The Balaban J connectivity index is 1.94. The highest BCUT2D eigenvalue weighted by atomic mass is 35.5. The molecule has 0 fully saturated rings. The van der Waals surface area contributed by atoms with Gasteiger partial charge in [0.05, 0.1) is 13.2 Å². The normalized spacial score (nSPS) is 18.7. The molecule has 1 aromatic carbocycles. The number of fused-ring (bicyclic) bond motifs is 1. The Morgan fingerprint density at radius 1 is 1.28 bits per heavy atom. The molecule has 8 heteroatoms. The van der Waals surface area contributed by atoms with Gasteiger partial charge in [0.1, 0.15) is 6.04 Å². The maximum Gasteiger partial charge on any atom is 0.328 e. The number of amides is 1. The zero-order valence-electron chi connectivity index (χ0n) is 13.3. The summed E-state index contributed by atoms with van der Waals surface area (Å²) in [5, 5.41) is 6.83. The molecule has 1 aliphatic heterocycles. The van der Waals surface area contributed by atoms with Crippen LogP contribution in [-0.4, -0.2) is 30.0 Å². The van der Waals surface area contributed by atoms with Crippen molar-refractivity contribution < 1.29 is 14.3 Å². The van der Waals surface area contributed by atoms with E-state index in [1.165, 1.54) is 19.5 Å². The van der Waals surface area contributed by atoms with Gasteiger partial charge in [0, 0.05) is 45.7 Å². The van der Waals surface area contributed by atoms with Gasteiger partial charge in [-0.05, 0) is 24.3 Å². The summed E-state index contributed by atoms with van der Waals surface area (Å²) in [6.07, 6.45) is 3.38. The number of aromatic nitrogens is 1. The number of hydrogen-bond donors (Lipinski definition) is 2. The van der Waals surface area contributed by atoms with Crippen LogP contribution in [0.5, 0.6) is 0 Å². The molecule has 0 spiro atoms. The first kappa shape index (κ1) is 17.5. The summed E-state index contributed by atoms with van der Waals surface area (Å²) in [5.74, 6) is -0.709. The van der Waals surface area contributed by atoms with Crippen LogP contribution in [-0.2, 0) is 9.53 Å². The van der Waals surface area contributed by atoms with E-state index in [-0.39, 0.29) is 5.91 Å². The molecule has 2 N–H and O–H groups in total. The highest BCUT2D eigenvalue weighted by molar-refractivity contribution is 6.35. The smallest absolute Gasteiger partial charge is 0.328 e. The molecule has 130 valence electrons. The summed E-state index contributed by atoms with van der Waals surface area (Å²) in [7, 11) is 1.31. The van der Waals surface area contributed by atoms with Crippen molar-refractivity contribution in [2.24, 2.45) is 0 Å². The molecule has 6 nitrogen and oxygen atoms in total. The maximum absolute atomic E-state index is 12.5. The number of carbonyl (C=O) groups excluding carboxylic acids is 2. The summed E-state index contributed by atoms with van der Waals surface area (Å²) in [5.41, 5.74) is 1.75. The van der Waals surface area contributed by atoms with Crippen LogP contribution in [0.2, 0.25) is 10.0 Å². The second-order valence-electron chi connectivity index (χ2n) is 5.57. The summed E-state index contributed by atoms with van der Waals surface area (Å²) in [6.45, 7) is 0. The van der Waals surface area contributed by atoms with Crippen molar-refractivity contribution in [2.75, 3.05) is 12.4 Å². The van der Waals surface area contributed by atoms with Crippen molar-refractivity contribution in [3.05, 3.63) is 57.8 Å². The van der Waals surface area contributed by atoms with Gasteiger partial charge < -0.3 is 15.4 Å². The molecule has 0 unspecified atom stereocenters. The number of rotatable bonds is 3. The van der Waals surface area contributed by atoms with Gasteiger partial charge in [-0.1, -0.05) is 23.2 Å². The number of nitrogens with one attached hydrogen (secondary N) is 2. The third-order valence-electron chi connectivity index (χ3n) is 3.98. The van der Waals surface area contributed by atoms with Crippen molar-refractivity contribution in [1.29, 1.82) is 0 Å². The Morgan fingerprint density at radius 2 is 2.00 bits per heavy atom. The van der Waals surface area contributed by atoms with E-state index in [2.05, 4.69) is 15.6 Å². The van der Waals surface area contributed by atoms with Crippen LogP contribution in [0, 0.1) is 0 Å². The molecule has 3 rings (SSSR count). The largest absolute Gasteiger partial charge is 0.467 e. The van der Waals surface area contributed by atoms with Crippen molar-refractivity contribution >= 4 is 40.8 Å². The first-order valence-corrected chi connectivity index (χ1v) is 8.29. The van der Waals surface area contributed by atoms with Crippen LogP contribution in [0.25, 0.3) is 0 Å². The molecule has 0 bridgehead atoms. The number of benzene rings is 1. The minimum Gasteiger partial charge on any atom is -0.467 e. The standard InChI is InChI=1S/C17H15Cl2N3O3/c1-25-17(24)14-8-13(22-16(23)9-2-4-20-5-3-9)15-11(19)6-10(18)7-12(15)21-14/h2-7,13-14,21H,8H2,1H3,(H,22,23)/t13-,14+/m0/s1. The number of methoxy groups -OCH3 is 1. The second-order valence-corrected chi connectivity index (χ2v) is 6.41. The van der Waals surface area contributed by atoms with Crippen molar-refractivity contribution in [3.63, 3.8) is 0 Å². The number of anilines is 1. The van der Waals surface area contributed by atoms with E-state index in [4.69, 9.17) is 27.9 Å². The average molecular weight is 380 g/mol. The van der Waals surface area contributed by atoms with E-state index in [1.54, 1.807) is 24.3 Å². The summed E-state index contributed by atoms with van der Waals surface area (Å²) in [6, 6.07) is 5.41. The molecule has 2 heterocycles. The Bertz CT molecular complexity index is 814. The molecule has 0 aliphatic carbocycles. The number of ether oxygens (including phenoxy) is 1. The molecule has 0 saturated heterocycles. The van der Waals surface area contributed by atoms with Crippen LogP contribution in [0.3, 0.4) is 0 Å². The molecule has 2 aromatic rings. The van der Waals surface area contributed by atoms with Crippen LogP contribution in [0.4, 0.5) is 5.69 Å². The number of pyridine rings is 1. The number of esters is 1. The quantitative estimate of drug-likeness (QED) is 0.800. The van der Waals surface area contributed by atoms with Gasteiger partial charge in [-0.3, -0.25) is 9.78 Å². The average Bonchev–Trinajstić information content (AvgIpc) is 2.60. The first-order chi connectivity index (χ1) is 12.0. The first-order valence-electron chi connectivity index (χ1n) is 7.53. The zero-order valence-corrected chi connectivity index (χ0v) is 14.8. The van der Waals surface area contributed by atoms with E-state index < -0.39 is 18.1 Å². The van der Waals surface area contributed by atoms with Gasteiger partial charge in [-0.15, -0.1) is 0 Å². The number of nitrogens with zero attached hydrogens (tertiary/aromatic N) is 1. The molecule has 0 radical (unpaired) electrons. The fourth-order valence-corrected chi connectivity index (χ4v) is 3.46. The number of hydrogen-bond acceptors (Lipinski definition) is 5. The predicted molar refractivity (Wildman–Crippen MR) is 94.9 cm³/mol. The minimum atomic E-state index is -0.616. The molecule has 1 aromatic heterocycles. The Labute approximate surface area is 154 Å². The third-order valence-corrected chi connectivity index (χ3v) is 4.51. The van der Waals surface area contributed by atoms with Crippen molar-refractivity contribution in [1.82, 2.24) is 10.3 Å². The zero-order chi connectivity index (χ0) is 18.0. The lowest BCUT2D eigenvalue weighted by Gasteiger charge is -2.33. The number of halogens is 2. The Hall–Kier alpha value is -2.31. The monoisotopic (exact) mass is 379 g/mol. The number of carbonyl (C=O) groups is 2. The molecule has 25 heavy (non-hydrogen) atoms. The molecule has 0 saturated carbocycles. The Kier molecular flexibility index (Phi) is 5.11. The van der Waals surface area contributed by atoms with E-state index in [9.17, 15) is 9.59 Å². The fourth-order valence-electron chi connectivity index (χ4n) is 2.83. The predicted octanol–water partition coefficient (Wildman–Crippen LogP) is 3.22. The second kappa shape index (κ2) is 7.29. The van der Waals surface area contributed by atoms with Gasteiger partial charge in [-0.2, -0.15) is 0 Å². The summed E-state index contributed by atoms with van der Waals surface area (Å²) >= 11 is 12.4. The third kappa shape index (κ3) is 3.70. The van der Waals surface area contributed by atoms with Crippen molar-refractivity contribution in [2.45, 2.75) is 18.5 Å². The van der Waals surface area contributed by atoms with E-state index >= 15 is 0 Å². The lowest BCUT2D eigenvalue weighted by Crippen LogP contribution is -2.41. The SMILES string of the molecule is COC(=O)[C@H]1C[C@H](NC(=O)c2ccncc2)c2c(Cl)cc(Cl)cc2N1. The topological polar surface area (TPSA) is 80.3 Å². The highest BCUT2D eigenvalue weighted by Crippen LogP contribution is 2.40. The van der Waals surface area contributed by atoms with Gasteiger partial charge in [0.2, 0.25) is 0 Å². The van der Waals surface area contributed by atoms with E-state index in [1.807, 2.05) is 0 Å². The van der Waals surface area contributed by atoms with Crippen LogP contribution in [0.1, 0.15) is 28.4 Å². The fraction of sp³-hybridized carbons (Fsp3) is 0.235. The van der Waals surface area contributed by atoms with E-state index in [0.29, 0.717) is 33.3 Å². The van der Waals surface area contributed by atoms with Gasteiger partial charge in [-0.25, -0.2) is 4.79 Å². The molecule has 1 amide bonds. The minimum absolute atomic E-state index is 0.283. The van der Waals surface area contributed by atoms with Crippen LogP contribution in [0.15, 0.2) is 36.7 Å². The van der Waals surface area contributed by atoms with E-state index in [0.717, 1.165) is 0 Å². The van der Waals surface area contributed by atoms with Gasteiger partial charge >= 0.3 is 5.97 Å². The molecule has 1 aliphatic rings. The van der Waals surface area contributed by atoms with Crippen LogP contribution < -0.4 is 10.6 Å². The van der Waals surface area contributed by atoms with Crippen LogP contribution >= 0.6 is 23.2 Å². The lowest BCUT2D eigenvalue weighted by atomic mass is 9.92. The summed E-state index contributed by atoms with van der Waals surface area (Å²) in [4.78, 5) is 28.4. The molecular formula is C17H15Cl2N3O3. The molecular weight excluding hydrogens is 365 g/mol. The lowest BCUT2D eigenvalue weighted by molar-refractivity contribution is -0.141. The molecule has 2 atom stereocenters. The van der Waals surface area contributed by atoms with Gasteiger partial charge in [0.15, 0.2) is 0 Å². The summed E-state index contributed by atoms with van der Waals surface area (Å²) < 4.78 is 4.81. The Morgan fingerprint density at radius 3 is 2.68 bits per heavy atom.